The second-order valence-corrected chi connectivity index (χ2v) is 7.48. The predicted octanol–water partition coefficient (Wildman–Crippen LogP) is 5.04. The van der Waals surface area contributed by atoms with Gasteiger partial charge in [-0.1, -0.05) is 6.07 Å². The number of aromatic nitrogens is 1. The molecule has 3 nitrogen and oxygen atoms in total. The van der Waals surface area contributed by atoms with Crippen LogP contribution in [0.4, 0.5) is 18.9 Å². The van der Waals surface area contributed by atoms with Gasteiger partial charge in [0.15, 0.2) is 0 Å². The fraction of sp³-hybridized carbons (Fsp3) is 0.526. The van der Waals surface area contributed by atoms with Gasteiger partial charge >= 0.3 is 6.18 Å². The lowest BCUT2D eigenvalue weighted by Crippen LogP contribution is -2.40. The average Bonchev–Trinajstić information content (AvgIpc) is 2.52. The molecule has 1 aliphatic rings. The summed E-state index contributed by atoms with van der Waals surface area (Å²) in [6.07, 6.45) is -0.741. The maximum atomic E-state index is 12.9. The number of anilines is 1. The summed E-state index contributed by atoms with van der Waals surface area (Å²) in [4.78, 5) is 6.33. The number of piperidine rings is 1. The summed E-state index contributed by atoms with van der Waals surface area (Å²) in [7, 11) is 0. The molecule has 0 N–H and O–H groups in total. The molecule has 1 aromatic carbocycles. The van der Waals surface area contributed by atoms with Crippen molar-refractivity contribution in [2.24, 2.45) is 0 Å². The van der Waals surface area contributed by atoms with E-state index in [4.69, 9.17) is 4.74 Å². The van der Waals surface area contributed by atoms with Crippen LogP contribution >= 0.6 is 0 Å². The zero-order valence-electron chi connectivity index (χ0n) is 14.7. The third kappa shape index (κ3) is 4.24. The van der Waals surface area contributed by atoms with Crippen LogP contribution in [0.3, 0.4) is 0 Å². The zero-order chi connectivity index (χ0) is 18.2. The smallest absolute Gasteiger partial charge is 0.372 e. The Kier molecular flexibility index (Phi) is 4.66. The number of ether oxygens (including phenoxy) is 1. The molecule has 25 heavy (non-hydrogen) atoms. The molecule has 136 valence electrons. The van der Waals surface area contributed by atoms with Gasteiger partial charge in [-0.3, -0.25) is 4.98 Å². The van der Waals surface area contributed by atoms with Gasteiger partial charge < -0.3 is 9.64 Å². The van der Waals surface area contributed by atoms with E-state index in [1.807, 2.05) is 26.8 Å². The summed E-state index contributed by atoms with van der Waals surface area (Å²) in [5.41, 5.74) is 0.486. The van der Waals surface area contributed by atoms with Crippen molar-refractivity contribution in [1.82, 2.24) is 4.98 Å². The quantitative estimate of drug-likeness (QED) is 0.757. The van der Waals surface area contributed by atoms with Crippen molar-refractivity contribution < 1.29 is 17.9 Å². The second kappa shape index (κ2) is 6.48. The maximum absolute atomic E-state index is 12.9. The molecular weight excluding hydrogens is 329 g/mol. The van der Waals surface area contributed by atoms with Gasteiger partial charge in [0, 0.05) is 30.4 Å². The maximum Gasteiger partial charge on any atom is 0.416 e. The van der Waals surface area contributed by atoms with E-state index in [-0.39, 0.29) is 11.7 Å². The van der Waals surface area contributed by atoms with Crippen LogP contribution in [0.15, 0.2) is 30.5 Å². The number of nitrogens with zero attached hydrogens (tertiary/aromatic N) is 2. The molecule has 0 amide bonds. The predicted molar refractivity (Wildman–Crippen MR) is 92.8 cm³/mol. The van der Waals surface area contributed by atoms with Gasteiger partial charge in [0.2, 0.25) is 0 Å². The summed E-state index contributed by atoms with van der Waals surface area (Å²) in [6, 6.07) is 5.65. The Labute approximate surface area is 145 Å². The van der Waals surface area contributed by atoms with Gasteiger partial charge in [-0.15, -0.1) is 0 Å². The monoisotopic (exact) mass is 352 g/mol. The molecule has 3 rings (SSSR count). The Morgan fingerprint density at radius 1 is 1.08 bits per heavy atom. The highest BCUT2D eigenvalue weighted by Gasteiger charge is 2.31. The van der Waals surface area contributed by atoms with Gasteiger partial charge in [-0.2, -0.15) is 13.2 Å². The van der Waals surface area contributed by atoms with Crippen molar-refractivity contribution in [2.75, 3.05) is 18.0 Å². The summed E-state index contributed by atoms with van der Waals surface area (Å²) in [6.45, 7) is 7.79. The normalized spacial score (nSPS) is 17.3. The Morgan fingerprint density at radius 2 is 1.76 bits per heavy atom. The van der Waals surface area contributed by atoms with E-state index in [9.17, 15) is 13.2 Å². The molecule has 1 aromatic heterocycles. The standard InChI is InChI=1S/C19H23F3N2O/c1-18(2,3)25-14-7-10-24(11-8-14)17-6-9-23-16-12-13(19(20,21)22)4-5-15(16)17/h4-6,9,12,14H,7-8,10-11H2,1-3H3. The van der Waals surface area contributed by atoms with E-state index >= 15 is 0 Å². The minimum absolute atomic E-state index is 0.163. The van der Waals surface area contributed by atoms with E-state index in [2.05, 4.69) is 9.88 Å². The fourth-order valence-corrected chi connectivity index (χ4v) is 3.30. The number of alkyl halides is 3. The molecule has 6 heteroatoms. The van der Waals surface area contributed by atoms with Crippen molar-refractivity contribution in [2.45, 2.75) is 51.5 Å². The Hall–Kier alpha value is -1.82. The first-order valence-corrected chi connectivity index (χ1v) is 8.52. The minimum Gasteiger partial charge on any atom is -0.372 e. The molecule has 2 heterocycles. The molecule has 0 aliphatic carbocycles. The van der Waals surface area contributed by atoms with Crippen molar-refractivity contribution in [3.8, 4) is 0 Å². The van der Waals surface area contributed by atoms with Crippen LogP contribution in [-0.2, 0) is 10.9 Å². The highest BCUT2D eigenvalue weighted by molar-refractivity contribution is 5.92. The molecule has 0 unspecified atom stereocenters. The van der Waals surface area contributed by atoms with Gasteiger partial charge in [-0.25, -0.2) is 0 Å². The molecule has 0 atom stereocenters. The van der Waals surface area contributed by atoms with Crippen molar-refractivity contribution in [3.63, 3.8) is 0 Å². The summed E-state index contributed by atoms with van der Waals surface area (Å²) < 4.78 is 44.7. The van der Waals surface area contributed by atoms with Crippen LogP contribution < -0.4 is 4.90 Å². The second-order valence-electron chi connectivity index (χ2n) is 7.48. The van der Waals surface area contributed by atoms with E-state index in [0.717, 1.165) is 49.1 Å². The minimum atomic E-state index is -4.35. The van der Waals surface area contributed by atoms with Crippen molar-refractivity contribution in [3.05, 3.63) is 36.0 Å². The van der Waals surface area contributed by atoms with Crippen molar-refractivity contribution >= 4 is 16.6 Å². The third-order valence-electron chi connectivity index (χ3n) is 4.35. The van der Waals surface area contributed by atoms with Gasteiger partial charge in [0.25, 0.3) is 0 Å². The molecule has 2 aromatic rings. The molecule has 0 bridgehead atoms. The van der Waals surface area contributed by atoms with E-state index in [0.29, 0.717) is 5.52 Å². The third-order valence-corrected chi connectivity index (χ3v) is 4.35. The van der Waals surface area contributed by atoms with Gasteiger partial charge in [0.1, 0.15) is 0 Å². The number of halogens is 3. The van der Waals surface area contributed by atoms with Crippen LogP contribution in [0, 0.1) is 0 Å². The SMILES string of the molecule is CC(C)(C)OC1CCN(c2ccnc3cc(C(F)(F)F)ccc23)CC1. The van der Waals surface area contributed by atoms with Crippen LogP contribution in [0.2, 0.25) is 0 Å². The van der Waals surface area contributed by atoms with E-state index < -0.39 is 11.7 Å². The first-order valence-electron chi connectivity index (χ1n) is 8.52. The first kappa shape index (κ1) is 18.0. The van der Waals surface area contributed by atoms with Crippen LogP contribution in [-0.4, -0.2) is 29.8 Å². The van der Waals surface area contributed by atoms with Gasteiger partial charge in [0.05, 0.1) is 22.8 Å². The number of benzene rings is 1. The zero-order valence-corrected chi connectivity index (χ0v) is 14.7. The fourth-order valence-electron chi connectivity index (χ4n) is 3.30. The largest absolute Gasteiger partial charge is 0.416 e. The molecule has 1 aliphatic heterocycles. The Bertz CT molecular complexity index is 744. The van der Waals surface area contributed by atoms with Crippen LogP contribution in [0.1, 0.15) is 39.2 Å². The number of fused-ring (bicyclic) bond motifs is 1. The molecular formula is C19H23F3N2O. The van der Waals surface area contributed by atoms with E-state index in [1.165, 1.54) is 6.07 Å². The highest BCUT2D eigenvalue weighted by Crippen LogP contribution is 2.34. The summed E-state index contributed by atoms with van der Waals surface area (Å²) >= 11 is 0. The number of hydrogen-bond acceptors (Lipinski definition) is 3. The topological polar surface area (TPSA) is 25.4 Å². The van der Waals surface area contributed by atoms with Crippen LogP contribution in [0.5, 0.6) is 0 Å². The molecule has 0 spiro atoms. The lowest BCUT2D eigenvalue weighted by atomic mass is 10.0. The molecule has 1 fully saturated rings. The van der Waals surface area contributed by atoms with Gasteiger partial charge in [-0.05, 0) is 51.8 Å². The molecule has 1 saturated heterocycles. The highest BCUT2D eigenvalue weighted by atomic mass is 19.4. The van der Waals surface area contributed by atoms with E-state index in [1.54, 1.807) is 6.20 Å². The summed E-state index contributed by atoms with van der Waals surface area (Å²) in [5.74, 6) is 0. The number of rotatable bonds is 2. The lowest BCUT2D eigenvalue weighted by Gasteiger charge is -2.37. The number of hydrogen-bond donors (Lipinski definition) is 0. The van der Waals surface area contributed by atoms with Crippen molar-refractivity contribution in [1.29, 1.82) is 0 Å². The lowest BCUT2D eigenvalue weighted by molar-refractivity contribution is -0.137. The average molecular weight is 352 g/mol. The Balaban J connectivity index is 1.81. The molecule has 0 radical (unpaired) electrons. The summed E-state index contributed by atoms with van der Waals surface area (Å²) in [5, 5.41) is 0.755. The van der Waals surface area contributed by atoms with Crippen LogP contribution in [0.25, 0.3) is 10.9 Å². The Morgan fingerprint density at radius 3 is 2.36 bits per heavy atom. The number of pyridine rings is 1. The first-order chi connectivity index (χ1) is 11.6. The molecule has 0 saturated carbocycles.